The number of rotatable bonds is 6. The molecular formula is C18H28N2O3. The highest BCUT2D eigenvalue weighted by Crippen LogP contribution is 2.24. The summed E-state index contributed by atoms with van der Waals surface area (Å²) in [4.78, 5) is 11.7. The first-order valence-electron chi connectivity index (χ1n) is 8.22. The molecule has 0 aromatic heterocycles. The molecule has 0 spiro atoms. The van der Waals surface area contributed by atoms with Gasteiger partial charge in [-0.1, -0.05) is 18.2 Å². The molecule has 2 unspecified atom stereocenters. The molecule has 23 heavy (non-hydrogen) atoms. The second-order valence-corrected chi connectivity index (χ2v) is 7.25. The third kappa shape index (κ3) is 6.10. The average Bonchev–Trinajstić information content (AvgIpc) is 3.13. The average molecular weight is 320 g/mol. The Morgan fingerprint density at radius 3 is 2.61 bits per heavy atom. The third-order valence-corrected chi connectivity index (χ3v) is 3.38. The second kappa shape index (κ2) is 7.21. The highest BCUT2D eigenvalue weighted by molar-refractivity contribution is 5.68. The standard InChI is InChI=1S/C18H28N2O3/c1-12(2)22-16-9-7-6-8-13(16)11-19-14-10-15(14)20-17(21)23-18(3,4)5/h6-9,12,14-15,19H,10-11H2,1-5H3,(H,20,21). The van der Waals surface area contributed by atoms with E-state index < -0.39 is 5.60 Å². The number of alkyl carbamates (subject to hydrolysis) is 1. The van der Waals surface area contributed by atoms with Crippen molar-refractivity contribution < 1.29 is 14.3 Å². The minimum Gasteiger partial charge on any atom is -0.491 e. The number of benzene rings is 1. The second-order valence-electron chi connectivity index (χ2n) is 7.25. The summed E-state index contributed by atoms with van der Waals surface area (Å²) in [5.74, 6) is 0.910. The van der Waals surface area contributed by atoms with Gasteiger partial charge < -0.3 is 20.1 Å². The Morgan fingerprint density at radius 2 is 1.96 bits per heavy atom. The molecule has 1 fully saturated rings. The molecule has 0 bridgehead atoms. The van der Waals surface area contributed by atoms with Crippen LogP contribution in [-0.4, -0.2) is 29.9 Å². The fourth-order valence-electron chi connectivity index (χ4n) is 2.30. The van der Waals surface area contributed by atoms with Crippen molar-refractivity contribution in [2.45, 2.75) is 71.4 Å². The first kappa shape index (κ1) is 17.6. The Hall–Kier alpha value is -1.75. The van der Waals surface area contributed by atoms with Crippen LogP contribution >= 0.6 is 0 Å². The van der Waals surface area contributed by atoms with Gasteiger partial charge in [0.15, 0.2) is 0 Å². The number of para-hydroxylation sites is 1. The van der Waals surface area contributed by atoms with Crippen molar-refractivity contribution in [1.82, 2.24) is 10.6 Å². The molecule has 5 heteroatoms. The van der Waals surface area contributed by atoms with E-state index in [0.717, 1.165) is 24.3 Å². The van der Waals surface area contributed by atoms with Crippen LogP contribution in [0.3, 0.4) is 0 Å². The lowest BCUT2D eigenvalue weighted by Gasteiger charge is -2.19. The maximum Gasteiger partial charge on any atom is 0.407 e. The maximum atomic E-state index is 11.7. The molecule has 1 amide bonds. The van der Waals surface area contributed by atoms with Crippen LogP contribution in [0.1, 0.15) is 46.6 Å². The number of carbonyl (C=O) groups excluding carboxylic acids is 1. The smallest absolute Gasteiger partial charge is 0.407 e. The zero-order chi connectivity index (χ0) is 17.0. The van der Waals surface area contributed by atoms with Crippen LogP contribution in [0.2, 0.25) is 0 Å². The normalized spacial score (nSPS) is 20.3. The highest BCUT2D eigenvalue weighted by atomic mass is 16.6. The zero-order valence-electron chi connectivity index (χ0n) is 14.7. The molecule has 1 aliphatic rings. The van der Waals surface area contributed by atoms with E-state index in [1.807, 2.05) is 52.8 Å². The van der Waals surface area contributed by atoms with Gasteiger partial charge in [0.2, 0.25) is 0 Å². The lowest BCUT2D eigenvalue weighted by Crippen LogP contribution is -2.36. The summed E-state index contributed by atoms with van der Waals surface area (Å²) in [5.41, 5.74) is 0.666. The van der Waals surface area contributed by atoms with E-state index in [-0.39, 0.29) is 24.3 Å². The molecular weight excluding hydrogens is 292 g/mol. The molecule has 1 aromatic rings. The number of hydrogen-bond donors (Lipinski definition) is 2. The predicted molar refractivity (Wildman–Crippen MR) is 90.6 cm³/mol. The van der Waals surface area contributed by atoms with E-state index in [0.29, 0.717) is 0 Å². The van der Waals surface area contributed by atoms with E-state index >= 15 is 0 Å². The van der Waals surface area contributed by atoms with E-state index in [1.165, 1.54) is 0 Å². The summed E-state index contributed by atoms with van der Waals surface area (Å²) in [5, 5.41) is 6.34. The van der Waals surface area contributed by atoms with Gasteiger partial charge in [-0.15, -0.1) is 0 Å². The van der Waals surface area contributed by atoms with Crippen LogP contribution in [0.25, 0.3) is 0 Å². The first-order valence-corrected chi connectivity index (χ1v) is 8.22. The van der Waals surface area contributed by atoms with Gasteiger partial charge in [0, 0.05) is 24.2 Å². The van der Waals surface area contributed by atoms with Gasteiger partial charge in [-0.2, -0.15) is 0 Å². The van der Waals surface area contributed by atoms with Crippen LogP contribution in [0.15, 0.2) is 24.3 Å². The van der Waals surface area contributed by atoms with Gasteiger partial charge in [0.25, 0.3) is 0 Å². The summed E-state index contributed by atoms with van der Waals surface area (Å²) in [6.45, 7) is 10.3. The van der Waals surface area contributed by atoms with Gasteiger partial charge in [-0.3, -0.25) is 0 Å². The largest absolute Gasteiger partial charge is 0.491 e. The van der Waals surface area contributed by atoms with Crippen molar-refractivity contribution in [3.05, 3.63) is 29.8 Å². The molecule has 0 aliphatic heterocycles. The number of carbonyl (C=O) groups is 1. The summed E-state index contributed by atoms with van der Waals surface area (Å²) in [6.07, 6.45) is 0.723. The van der Waals surface area contributed by atoms with Crippen LogP contribution in [0, 0.1) is 0 Å². The molecule has 0 heterocycles. The van der Waals surface area contributed by atoms with Crippen molar-refractivity contribution in [2.24, 2.45) is 0 Å². The molecule has 2 rings (SSSR count). The van der Waals surface area contributed by atoms with E-state index in [1.54, 1.807) is 0 Å². The van der Waals surface area contributed by atoms with Crippen LogP contribution < -0.4 is 15.4 Å². The quantitative estimate of drug-likeness (QED) is 0.845. The van der Waals surface area contributed by atoms with Gasteiger partial charge in [0.05, 0.1) is 6.10 Å². The Kier molecular flexibility index (Phi) is 5.52. The lowest BCUT2D eigenvalue weighted by atomic mass is 10.2. The Bertz CT molecular complexity index is 537. The van der Waals surface area contributed by atoms with Crippen molar-refractivity contribution in [2.75, 3.05) is 0 Å². The van der Waals surface area contributed by atoms with Crippen LogP contribution in [0.4, 0.5) is 4.79 Å². The van der Waals surface area contributed by atoms with Crippen LogP contribution in [-0.2, 0) is 11.3 Å². The SMILES string of the molecule is CC(C)Oc1ccccc1CNC1CC1NC(=O)OC(C)(C)C. The number of ether oxygens (including phenoxy) is 2. The van der Waals surface area contributed by atoms with E-state index in [9.17, 15) is 4.79 Å². The van der Waals surface area contributed by atoms with Gasteiger partial charge in [-0.25, -0.2) is 4.79 Å². The third-order valence-electron chi connectivity index (χ3n) is 3.38. The topological polar surface area (TPSA) is 59.6 Å². The molecule has 1 aliphatic carbocycles. The molecule has 2 atom stereocenters. The fraction of sp³-hybridized carbons (Fsp3) is 0.611. The number of hydrogen-bond acceptors (Lipinski definition) is 4. The van der Waals surface area contributed by atoms with Gasteiger partial charge in [-0.05, 0) is 47.1 Å². The molecule has 0 saturated heterocycles. The number of nitrogens with one attached hydrogen (secondary N) is 2. The first-order chi connectivity index (χ1) is 10.7. The molecule has 0 radical (unpaired) electrons. The molecule has 128 valence electrons. The fourth-order valence-corrected chi connectivity index (χ4v) is 2.30. The van der Waals surface area contributed by atoms with Crippen LogP contribution in [0.5, 0.6) is 5.75 Å². The lowest BCUT2D eigenvalue weighted by molar-refractivity contribution is 0.0522. The molecule has 1 aromatic carbocycles. The van der Waals surface area contributed by atoms with Crippen molar-refractivity contribution in [3.63, 3.8) is 0 Å². The summed E-state index contributed by atoms with van der Waals surface area (Å²) in [7, 11) is 0. The van der Waals surface area contributed by atoms with Gasteiger partial charge >= 0.3 is 6.09 Å². The maximum absolute atomic E-state index is 11.7. The predicted octanol–water partition coefficient (Wildman–Crippen LogP) is 3.23. The summed E-state index contributed by atoms with van der Waals surface area (Å²) in [6, 6.07) is 8.46. The minimum atomic E-state index is -0.463. The summed E-state index contributed by atoms with van der Waals surface area (Å²) < 4.78 is 11.1. The van der Waals surface area contributed by atoms with Crippen molar-refractivity contribution >= 4 is 6.09 Å². The van der Waals surface area contributed by atoms with E-state index in [2.05, 4.69) is 16.7 Å². The monoisotopic (exact) mass is 320 g/mol. The molecule has 1 saturated carbocycles. The van der Waals surface area contributed by atoms with Gasteiger partial charge in [0.1, 0.15) is 11.4 Å². The molecule has 2 N–H and O–H groups in total. The Balaban J connectivity index is 1.77. The Morgan fingerprint density at radius 1 is 1.26 bits per heavy atom. The number of amides is 1. The Labute approximate surface area is 138 Å². The minimum absolute atomic E-state index is 0.142. The highest BCUT2D eigenvalue weighted by Gasteiger charge is 2.38. The van der Waals surface area contributed by atoms with E-state index in [4.69, 9.17) is 9.47 Å². The molecule has 5 nitrogen and oxygen atoms in total. The van der Waals surface area contributed by atoms with Crippen molar-refractivity contribution in [3.8, 4) is 5.75 Å². The zero-order valence-corrected chi connectivity index (χ0v) is 14.7. The summed E-state index contributed by atoms with van der Waals surface area (Å²) >= 11 is 0. The van der Waals surface area contributed by atoms with Crippen molar-refractivity contribution in [1.29, 1.82) is 0 Å².